The van der Waals surface area contributed by atoms with E-state index in [9.17, 15) is 9.59 Å². The van der Waals surface area contributed by atoms with Crippen molar-refractivity contribution < 1.29 is 9.59 Å². The van der Waals surface area contributed by atoms with Gasteiger partial charge in [-0.1, -0.05) is 39.3 Å². The summed E-state index contributed by atoms with van der Waals surface area (Å²) in [5.41, 5.74) is 4.05. The molecule has 0 unspecified atom stereocenters. The maximum absolute atomic E-state index is 12.9. The third kappa shape index (κ3) is 4.43. The summed E-state index contributed by atoms with van der Waals surface area (Å²) >= 11 is 0. The average molecular weight is 383 g/mol. The molecule has 6 heteroatoms. The first-order valence-corrected chi connectivity index (χ1v) is 10.1. The Kier molecular flexibility index (Phi) is 6.17. The number of benzene rings is 1. The van der Waals surface area contributed by atoms with Gasteiger partial charge in [-0.05, 0) is 36.1 Å². The average Bonchev–Trinajstić information content (AvgIpc) is 3.28. The normalized spacial score (nSPS) is 16.8. The molecule has 1 aliphatic rings. The lowest BCUT2D eigenvalue weighted by Crippen LogP contribution is -2.34. The van der Waals surface area contributed by atoms with Crippen molar-refractivity contribution in [2.45, 2.75) is 52.5 Å². The lowest BCUT2D eigenvalue weighted by Gasteiger charge is -2.21. The highest BCUT2D eigenvalue weighted by Crippen LogP contribution is 2.28. The van der Waals surface area contributed by atoms with Gasteiger partial charge in [0.05, 0.1) is 23.9 Å². The quantitative estimate of drug-likeness (QED) is 0.797. The Balaban J connectivity index is 1.62. The number of aromatic amines is 1. The number of rotatable bonds is 7. The Morgan fingerprint density at radius 1 is 1.32 bits per heavy atom. The molecule has 0 aliphatic carbocycles. The maximum atomic E-state index is 12.9. The van der Waals surface area contributed by atoms with E-state index in [2.05, 4.69) is 43.1 Å². The summed E-state index contributed by atoms with van der Waals surface area (Å²) in [5, 5.41) is 7.28. The van der Waals surface area contributed by atoms with Gasteiger partial charge in [-0.25, -0.2) is 0 Å². The highest BCUT2D eigenvalue weighted by Gasteiger charge is 2.36. The van der Waals surface area contributed by atoms with E-state index in [1.807, 2.05) is 18.2 Å². The molecule has 28 heavy (non-hydrogen) atoms. The predicted molar refractivity (Wildman–Crippen MR) is 110 cm³/mol. The van der Waals surface area contributed by atoms with Crippen LogP contribution in [0, 0.1) is 5.92 Å². The van der Waals surface area contributed by atoms with Crippen LogP contribution in [-0.2, 0) is 22.6 Å². The van der Waals surface area contributed by atoms with E-state index >= 15 is 0 Å². The number of hydrogen-bond donors (Lipinski definition) is 1. The summed E-state index contributed by atoms with van der Waals surface area (Å²) < 4.78 is 0. The Bertz CT molecular complexity index is 825. The van der Waals surface area contributed by atoms with E-state index in [0.29, 0.717) is 19.0 Å². The minimum atomic E-state index is -0.305. The number of hydrogen-bond acceptors (Lipinski definition) is 3. The number of aryl methyl sites for hydroxylation is 1. The lowest BCUT2D eigenvalue weighted by molar-refractivity contribution is -0.135. The van der Waals surface area contributed by atoms with E-state index in [4.69, 9.17) is 0 Å². The predicted octanol–water partition coefficient (Wildman–Crippen LogP) is 3.50. The highest BCUT2D eigenvalue weighted by molar-refractivity contribution is 6.00. The number of nitrogens with one attached hydrogen (secondary N) is 1. The molecule has 2 aromatic rings. The number of nitrogens with zero attached hydrogens (tertiary/aromatic N) is 3. The lowest BCUT2D eigenvalue weighted by atomic mass is 10.0. The number of carbonyl (C=O) groups excluding carboxylic acids is 2. The molecule has 2 amide bonds. The van der Waals surface area contributed by atoms with Gasteiger partial charge in [0.25, 0.3) is 0 Å². The number of amides is 2. The van der Waals surface area contributed by atoms with E-state index in [1.54, 1.807) is 16.8 Å². The van der Waals surface area contributed by atoms with Crippen LogP contribution < -0.4 is 4.90 Å². The number of H-pyrrole nitrogens is 1. The first-order chi connectivity index (χ1) is 13.4. The Labute approximate surface area is 166 Å². The molecule has 2 heterocycles. The van der Waals surface area contributed by atoms with Crippen molar-refractivity contribution in [3.63, 3.8) is 0 Å². The van der Waals surface area contributed by atoms with Gasteiger partial charge >= 0.3 is 0 Å². The van der Waals surface area contributed by atoms with Crippen LogP contribution in [0.5, 0.6) is 0 Å². The highest BCUT2D eigenvalue weighted by atomic mass is 16.2. The topological polar surface area (TPSA) is 69.3 Å². The second kappa shape index (κ2) is 8.59. The number of aromatic nitrogens is 2. The van der Waals surface area contributed by atoms with E-state index < -0.39 is 0 Å². The van der Waals surface area contributed by atoms with Gasteiger partial charge in [0.2, 0.25) is 11.8 Å². The smallest absolute Gasteiger partial charge is 0.228 e. The molecule has 1 aromatic carbocycles. The van der Waals surface area contributed by atoms with Crippen LogP contribution >= 0.6 is 0 Å². The van der Waals surface area contributed by atoms with Gasteiger partial charge in [-0.2, -0.15) is 5.10 Å². The molecule has 150 valence electrons. The van der Waals surface area contributed by atoms with Crippen molar-refractivity contribution in [3.05, 3.63) is 47.3 Å². The van der Waals surface area contributed by atoms with Gasteiger partial charge < -0.3 is 9.80 Å². The fraction of sp³-hybridized carbons (Fsp3) is 0.500. The van der Waals surface area contributed by atoms with E-state index in [0.717, 1.165) is 29.9 Å². The molecule has 1 fully saturated rings. The van der Waals surface area contributed by atoms with Crippen LogP contribution in [0.3, 0.4) is 0 Å². The monoisotopic (exact) mass is 382 g/mol. The van der Waals surface area contributed by atoms with E-state index in [-0.39, 0.29) is 24.2 Å². The first kappa shape index (κ1) is 20.1. The maximum Gasteiger partial charge on any atom is 0.228 e. The zero-order chi connectivity index (χ0) is 20.3. The summed E-state index contributed by atoms with van der Waals surface area (Å²) in [7, 11) is 1.78. The van der Waals surface area contributed by atoms with Crippen molar-refractivity contribution in [1.29, 1.82) is 0 Å². The van der Waals surface area contributed by atoms with Gasteiger partial charge in [-0.15, -0.1) is 0 Å². The third-order valence-electron chi connectivity index (χ3n) is 5.32. The van der Waals surface area contributed by atoms with Crippen molar-refractivity contribution in [3.8, 4) is 0 Å². The molecule has 1 aromatic heterocycles. The van der Waals surface area contributed by atoms with Gasteiger partial charge in [0, 0.05) is 25.7 Å². The first-order valence-electron chi connectivity index (χ1n) is 10.1. The summed E-state index contributed by atoms with van der Waals surface area (Å²) in [4.78, 5) is 28.8. The Morgan fingerprint density at radius 2 is 2.04 bits per heavy atom. The molecule has 0 spiro atoms. The standard InChI is InChI=1S/C22H30N4O2/c1-5-6-18-12-19(24-23-18)14-25(4)22(28)17-11-21(27)26(13-17)20-9-7-16(8-10-20)15(2)3/h7-10,12,15,17H,5-6,11,13-14H2,1-4H3,(H,23,24)/t17-/m0/s1. The Morgan fingerprint density at radius 3 is 2.68 bits per heavy atom. The van der Waals surface area contributed by atoms with Crippen LogP contribution in [0.1, 0.15) is 56.5 Å². The minimum absolute atomic E-state index is 0.00120. The van der Waals surface area contributed by atoms with Crippen LogP contribution in [0.4, 0.5) is 5.69 Å². The number of anilines is 1. The SMILES string of the molecule is CCCc1cc(CN(C)C(=O)[C@H]2CC(=O)N(c3ccc(C(C)C)cc3)C2)[nH]n1. The van der Waals surface area contributed by atoms with Crippen molar-refractivity contribution in [2.24, 2.45) is 5.92 Å². The summed E-state index contributed by atoms with van der Waals surface area (Å²) in [5.74, 6) is 0.157. The van der Waals surface area contributed by atoms with Crippen molar-refractivity contribution in [1.82, 2.24) is 15.1 Å². The second-order valence-corrected chi connectivity index (χ2v) is 7.98. The zero-order valence-electron chi connectivity index (χ0n) is 17.2. The molecule has 1 atom stereocenters. The molecule has 1 aliphatic heterocycles. The Hall–Kier alpha value is -2.63. The summed E-state index contributed by atoms with van der Waals surface area (Å²) in [6.07, 6.45) is 2.23. The van der Waals surface area contributed by atoms with Gasteiger partial charge in [0.1, 0.15) is 0 Å². The zero-order valence-corrected chi connectivity index (χ0v) is 17.2. The summed E-state index contributed by atoms with van der Waals surface area (Å²) in [6, 6.07) is 10.1. The largest absolute Gasteiger partial charge is 0.340 e. The second-order valence-electron chi connectivity index (χ2n) is 7.98. The van der Waals surface area contributed by atoms with Gasteiger partial charge in [-0.3, -0.25) is 14.7 Å². The van der Waals surface area contributed by atoms with E-state index in [1.165, 1.54) is 5.56 Å². The molecule has 6 nitrogen and oxygen atoms in total. The fourth-order valence-corrected chi connectivity index (χ4v) is 3.68. The van der Waals surface area contributed by atoms with Crippen LogP contribution in [0.25, 0.3) is 0 Å². The molecule has 0 bridgehead atoms. The summed E-state index contributed by atoms with van der Waals surface area (Å²) in [6.45, 7) is 7.32. The molecule has 0 saturated carbocycles. The molecular formula is C22H30N4O2. The third-order valence-corrected chi connectivity index (χ3v) is 5.32. The van der Waals surface area contributed by atoms with Crippen molar-refractivity contribution >= 4 is 17.5 Å². The minimum Gasteiger partial charge on any atom is -0.340 e. The number of carbonyl (C=O) groups is 2. The van der Waals surface area contributed by atoms with Crippen LogP contribution in [0.15, 0.2) is 30.3 Å². The molecular weight excluding hydrogens is 352 g/mol. The fourth-order valence-electron chi connectivity index (χ4n) is 3.68. The van der Waals surface area contributed by atoms with Crippen molar-refractivity contribution in [2.75, 3.05) is 18.5 Å². The molecule has 1 saturated heterocycles. The molecule has 0 radical (unpaired) electrons. The molecule has 3 rings (SSSR count). The van der Waals surface area contributed by atoms with Gasteiger partial charge in [0.15, 0.2) is 0 Å². The van der Waals surface area contributed by atoms with Crippen LogP contribution in [-0.4, -0.2) is 40.5 Å². The van der Waals surface area contributed by atoms with Crippen LogP contribution in [0.2, 0.25) is 0 Å². The molecule has 1 N–H and O–H groups in total.